The largest absolute Gasteiger partial charge is 0.345 e. The molecule has 6 atom stereocenters. The maximum Gasteiger partial charge on any atom is 0.316 e. The normalized spacial score (nSPS) is 25.7. The first-order valence-electron chi connectivity index (χ1n) is 19.1. The number of allylic oxidation sites excluding steroid dienone is 6. The molecular weight excluding hydrogens is 616 g/mol. The topological polar surface area (TPSA) is 125 Å². The molecule has 49 heavy (non-hydrogen) atoms. The average Bonchev–Trinajstić information content (AvgIpc) is 3.69. The predicted octanol–water partition coefficient (Wildman–Crippen LogP) is 6.43. The monoisotopic (exact) mass is 678 g/mol. The molecule has 272 valence electrons. The van der Waals surface area contributed by atoms with E-state index in [2.05, 4.69) is 54.1 Å². The minimum absolute atomic E-state index is 0.0516. The van der Waals surface area contributed by atoms with E-state index in [1.165, 1.54) is 0 Å². The van der Waals surface area contributed by atoms with Crippen LogP contribution in [0.4, 0.5) is 4.79 Å². The summed E-state index contributed by atoms with van der Waals surface area (Å²) < 4.78 is 0. The molecule has 9 heteroatoms. The zero-order valence-electron chi connectivity index (χ0n) is 30.8. The van der Waals surface area contributed by atoms with Gasteiger partial charge < -0.3 is 25.6 Å². The van der Waals surface area contributed by atoms with E-state index < -0.39 is 30.2 Å². The van der Waals surface area contributed by atoms with Crippen LogP contribution in [0.1, 0.15) is 119 Å². The van der Waals surface area contributed by atoms with Crippen LogP contribution in [0.15, 0.2) is 35.5 Å². The Balaban J connectivity index is 1.59. The molecule has 1 saturated heterocycles. The van der Waals surface area contributed by atoms with Gasteiger partial charge in [-0.3, -0.25) is 14.4 Å². The predicted molar refractivity (Wildman–Crippen MR) is 193 cm³/mol. The zero-order chi connectivity index (χ0) is 35.7. The van der Waals surface area contributed by atoms with Crippen molar-refractivity contribution >= 4 is 29.9 Å². The highest BCUT2D eigenvalue weighted by Crippen LogP contribution is 2.39. The van der Waals surface area contributed by atoms with E-state index in [1.54, 1.807) is 4.90 Å². The van der Waals surface area contributed by atoms with Crippen LogP contribution in [-0.4, -0.2) is 65.5 Å². The lowest BCUT2D eigenvalue weighted by Crippen LogP contribution is -2.59. The highest BCUT2D eigenvalue weighted by Gasteiger charge is 2.46. The van der Waals surface area contributed by atoms with Crippen molar-refractivity contribution in [2.24, 2.45) is 35.5 Å². The first-order chi connectivity index (χ1) is 23.5. The molecule has 2 saturated carbocycles. The molecule has 4 rings (SSSR count). The van der Waals surface area contributed by atoms with Crippen LogP contribution in [-0.2, 0) is 19.2 Å². The number of ketones is 1. The summed E-state index contributed by atoms with van der Waals surface area (Å²) in [6.45, 7) is 12.6. The van der Waals surface area contributed by atoms with Crippen molar-refractivity contribution in [3.05, 3.63) is 35.5 Å². The molecule has 3 fully saturated rings. The van der Waals surface area contributed by atoms with E-state index in [-0.39, 0.29) is 41.3 Å². The van der Waals surface area contributed by atoms with Crippen molar-refractivity contribution in [2.75, 3.05) is 6.54 Å². The van der Waals surface area contributed by atoms with E-state index in [9.17, 15) is 24.0 Å². The maximum atomic E-state index is 14.8. The van der Waals surface area contributed by atoms with Gasteiger partial charge in [-0.05, 0) is 112 Å². The van der Waals surface area contributed by atoms with E-state index in [1.807, 2.05) is 27.7 Å². The molecule has 0 aromatic carbocycles. The van der Waals surface area contributed by atoms with Gasteiger partial charge in [-0.25, -0.2) is 4.79 Å². The Kier molecular flexibility index (Phi) is 14.3. The highest BCUT2D eigenvalue weighted by molar-refractivity contribution is 5.95. The van der Waals surface area contributed by atoms with Gasteiger partial charge in [0.05, 0.1) is 12.1 Å². The van der Waals surface area contributed by atoms with Gasteiger partial charge in [-0.15, -0.1) is 0 Å². The van der Waals surface area contributed by atoms with Crippen molar-refractivity contribution in [1.82, 2.24) is 20.9 Å². The van der Waals surface area contributed by atoms with Crippen LogP contribution >= 0.6 is 0 Å². The number of nitrogens with zero attached hydrogens (tertiary/aromatic N) is 1. The van der Waals surface area contributed by atoms with E-state index in [4.69, 9.17) is 0 Å². The zero-order valence-corrected chi connectivity index (χ0v) is 30.8. The van der Waals surface area contributed by atoms with Gasteiger partial charge in [0.25, 0.3) is 0 Å². The number of rotatable bonds is 16. The van der Waals surface area contributed by atoms with Crippen LogP contribution in [0.5, 0.6) is 0 Å². The molecule has 0 bridgehead atoms. The van der Waals surface area contributed by atoms with Gasteiger partial charge in [0, 0.05) is 12.5 Å². The molecule has 3 aliphatic carbocycles. The molecule has 4 amide bonds. The third kappa shape index (κ3) is 10.4. The Morgan fingerprint density at radius 1 is 0.898 bits per heavy atom. The third-order valence-corrected chi connectivity index (χ3v) is 11.5. The summed E-state index contributed by atoms with van der Waals surface area (Å²) >= 11 is 0. The Morgan fingerprint density at radius 2 is 1.53 bits per heavy atom. The van der Waals surface area contributed by atoms with Crippen molar-refractivity contribution in [3.63, 3.8) is 0 Å². The second-order valence-electron chi connectivity index (χ2n) is 15.6. The van der Waals surface area contributed by atoms with Crippen LogP contribution in [0.2, 0.25) is 0 Å². The van der Waals surface area contributed by atoms with Gasteiger partial charge >= 0.3 is 6.03 Å². The van der Waals surface area contributed by atoms with Crippen molar-refractivity contribution in [3.8, 4) is 0 Å². The lowest BCUT2D eigenvalue weighted by atomic mass is 9.79. The fourth-order valence-electron chi connectivity index (χ4n) is 8.37. The molecule has 4 aliphatic rings. The van der Waals surface area contributed by atoms with Crippen molar-refractivity contribution in [2.45, 2.75) is 143 Å². The number of hydrogen-bond donors (Lipinski definition) is 3. The van der Waals surface area contributed by atoms with Crippen LogP contribution in [0, 0.1) is 35.5 Å². The van der Waals surface area contributed by atoms with Gasteiger partial charge in [0.1, 0.15) is 18.4 Å². The standard InChI is InChI=1S/C40H62N4O5/c1-7-26(6)37(46)35(31-13-11-10-12-14-31)42-40(49)43-36(32-21-29(8-2)30(9-3)22-32)39(48)44-23-28(19-25(4)5)20-34(44)38(47)41-33(24-45)18-17-27-15-16-27/h8-9,15-16,24-28,31-36H,7,10-14,17-23H2,1-6H3,(H,41,47)(H2,42,43,49)/b29-8-,30-9-/t26?,28-,33?,34+,35+,36+/m1/s1. The van der Waals surface area contributed by atoms with Crippen molar-refractivity contribution < 1.29 is 24.0 Å². The molecule has 0 aromatic rings. The lowest BCUT2D eigenvalue weighted by Gasteiger charge is -2.34. The number of amides is 4. The Hall–Kier alpha value is -3.23. The highest BCUT2D eigenvalue weighted by atomic mass is 16.2. The van der Waals surface area contributed by atoms with Crippen LogP contribution in [0.3, 0.4) is 0 Å². The molecule has 1 aliphatic heterocycles. The summed E-state index contributed by atoms with van der Waals surface area (Å²) in [6.07, 6.45) is 18.8. The number of carbonyl (C=O) groups excluding carboxylic acids is 5. The van der Waals surface area contributed by atoms with Crippen LogP contribution < -0.4 is 16.0 Å². The molecular formula is C40H62N4O5. The summed E-state index contributed by atoms with van der Waals surface area (Å²) in [4.78, 5) is 69.8. The van der Waals surface area contributed by atoms with Crippen molar-refractivity contribution in [1.29, 1.82) is 0 Å². The number of urea groups is 1. The minimum atomic E-state index is -0.881. The quantitative estimate of drug-likeness (QED) is 0.128. The summed E-state index contributed by atoms with van der Waals surface area (Å²) in [5.41, 5.74) is 2.32. The second kappa shape index (κ2) is 18.1. The van der Waals surface area contributed by atoms with Crippen LogP contribution in [0.25, 0.3) is 0 Å². The Morgan fingerprint density at radius 3 is 2.08 bits per heavy atom. The molecule has 0 spiro atoms. The van der Waals surface area contributed by atoms with Gasteiger partial charge in [0.15, 0.2) is 5.78 Å². The van der Waals surface area contributed by atoms with E-state index in [0.29, 0.717) is 50.5 Å². The molecule has 2 unspecified atom stereocenters. The number of nitrogens with one attached hydrogen (secondary N) is 3. The molecule has 9 nitrogen and oxygen atoms in total. The number of carbonyl (C=O) groups is 5. The maximum absolute atomic E-state index is 14.8. The minimum Gasteiger partial charge on any atom is -0.345 e. The summed E-state index contributed by atoms with van der Waals surface area (Å²) in [7, 11) is 0. The molecule has 0 aromatic heterocycles. The molecule has 3 N–H and O–H groups in total. The summed E-state index contributed by atoms with van der Waals surface area (Å²) in [5, 5.41) is 9.07. The fraction of sp³-hybridized carbons (Fsp3) is 0.725. The number of aldehydes is 1. The third-order valence-electron chi connectivity index (χ3n) is 11.5. The van der Waals surface area contributed by atoms with E-state index in [0.717, 1.165) is 62.4 Å². The number of hydrogen-bond acceptors (Lipinski definition) is 5. The fourth-order valence-corrected chi connectivity index (χ4v) is 8.37. The Labute approximate surface area is 294 Å². The number of Topliss-reactive ketones (excluding diaryl/α,β-unsaturated/α-hetero) is 1. The number of likely N-dealkylation sites (tertiary alicyclic amines) is 1. The Bertz CT molecular complexity index is 1260. The van der Waals surface area contributed by atoms with E-state index >= 15 is 0 Å². The SMILES string of the molecule is C/C=C1/CC([C@H](NC(=O)N[C@H](C(=O)C(C)CC)C2CCCCC2)C(=O)N2C[C@H](CC(C)C)C[C@H]2C(=O)NC(C=O)CCC2C=C2)C/C1=C/C. The first kappa shape index (κ1) is 38.6. The summed E-state index contributed by atoms with van der Waals surface area (Å²) in [5.74, 6) is 0.0895. The smallest absolute Gasteiger partial charge is 0.316 e. The molecule has 0 radical (unpaired) electrons. The second-order valence-corrected chi connectivity index (χ2v) is 15.6. The molecule has 1 heterocycles. The van der Waals surface area contributed by atoms with Gasteiger partial charge in [-0.1, -0.05) is 71.3 Å². The van der Waals surface area contributed by atoms with Gasteiger partial charge in [-0.2, -0.15) is 0 Å². The lowest BCUT2D eigenvalue weighted by molar-refractivity contribution is -0.141. The van der Waals surface area contributed by atoms with Gasteiger partial charge in [0.2, 0.25) is 11.8 Å². The average molecular weight is 679 g/mol. The summed E-state index contributed by atoms with van der Waals surface area (Å²) in [6, 6.07) is -3.32. The first-order valence-corrected chi connectivity index (χ1v) is 19.1.